The molecule has 9 heteroatoms. The van der Waals surface area contributed by atoms with Gasteiger partial charge >= 0.3 is 5.97 Å². The number of carbonyl (C=O) groups is 2. The van der Waals surface area contributed by atoms with Crippen LogP contribution in [-0.2, 0) is 14.3 Å². The van der Waals surface area contributed by atoms with Crippen LogP contribution < -0.4 is 0 Å². The average molecular weight is 443 g/mol. The van der Waals surface area contributed by atoms with Crippen molar-refractivity contribution in [2.24, 2.45) is 11.8 Å². The summed E-state index contributed by atoms with van der Waals surface area (Å²) in [7, 11) is 0. The number of hydrogen-bond acceptors (Lipinski definition) is 6. The van der Waals surface area contributed by atoms with E-state index in [0.29, 0.717) is 5.82 Å². The molecule has 1 aromatic heterocycles. The average Bonchev–Trinajstić information content (AvgIpc) is 3.57. The zero-order valence-electron chi connectivity index (χ0n) is 17.8. The minimum atomic E-state index is -1.02. The number of carboxylic acid groups (broad SMARTS) is 1. The number of aryl methyl sites for hydroxylation is 1. The summed E-state index contributed by atoms with van der Waals surface area (Å²) < 4.78 is 7.73. The first-order chi connectivity index (χ1) is 16.0. The van der Waals surface area contributed by atoms with Crippen LogP contribution in [0.15, 0.2) is 66.7 Å². The third-order valence-corrected chi connectivity index (χ3v) is 6.92. The summed E-state index contributed by atoms with van der Waals surface area (Å²) in [5, 5.41) is 22.3. The number of hydrogen-bond donors (Lipinski definition) is 1. The Hall–Kier alpha value is -3.85. The lowest BCUT2D eigenvalue weighted by Crippen LogP contribution is -2.39. The van der Waals surface area contributed by atoms with Gasteiger partial charge in [0, 0.05) is 0 Å². The molecule has 3 aromatic rings. The molecule has 5 atom stereocenters. The zero-order valence-corrected chi connectivity index (χ0v) is 17.8. The second-order valence-electron chi connectivity index (χ2n) is 8.75. The molecule has 0 aliphatic carbocycles. The minimum Gasteiger partial charge on any atom is -0.481 e. The van der Waals surface area contributed by atoms with E-state index in [9.17, 15) is 14.7 Å². The molecular formula is C24H21N5O4. The number of amides is 1. The summed E-state index contributed by atoms with van der Waals surface area (Å²) in [4.78, 5) is 27.5. The number of aliphatic carboxylic acids is 1. The summed E-state index contributed by atoms with van der Waals surface area (Å²) in [5.74, 6) is -2.49. The predicted molar refractivity (Wildman–Crippen MR) is 115 cm³/mol. The van der Waals surface area contributed by atoms with E-state index >= 15 is 0 Å². The first-order valence-corrected chi connectivity index (χ1v) is 10.8. The molecule has 4 heterocycles. The zero-order chi connectivity index (χ0) is 22.7. The van der Waals surface area contributed by atoms with Crippen LogP contribution in [0.4, 0.5) is 0 Å². The smallest absolute Gasteiger partial charge is 0.310 e. The molecule has 6 rings (SSSR count). The normalized spacial score (nSPS) is 28.3. The molecule has 1 N–H and O–H groups in total. The van der Waals surface area contributed by atoms with Gasteiger partial charge in [0.2, 0.25) is 5.91 Å². The second-order valence-corrected chi connectivity index (χ2v) is 8.75. The van der Waals surface area contributed by atoms with E-state index in [0.717, 1.165) is 16.8 Å². The molecule has 0 unspecified atom stereocenters. The number of fused-ring (bicyclic) bond motifs is 1. The Labute approximate surface area is 189 Å². The Balaban J connectivity index is 1.49. The first-order valence-electron chi connectivity index (χ1n) is 10.8. The molecule has 2 fully saturated rings. The Morgan fingerprint density at radius 1 is 1.18 bits per heavy atom. The van der Waals surface area contributed by atoms with E-state index in [-0.39, 0.29) is 12.5 Å². The third-order valence-electron chi connectivity index (χ3n) is 6.92. The van der Waals surface area contributed by atoms with Gasteiger partial charge in [-0.25, -0.2) is 0 Å². The number of nitrogens with zero attached hydrogens (tertiary/aromatic N) is 5. The molecule has 1 spiro atoms. The number of likely N-dealkylation sites (tertiary alicyclic amines) is 1. The highest BCUT2D eigenvalue weighted by Crippen LogP contribution is 2.53. The van der Waals surface area contributed by atoms with Gasteiger partial charge in [-0.1, -0.05) is 60.7 Å². The van der Waals surface area contributed by atoms with Gasteiger partial charge in [0.1, 0.15) is 17.6 Å². The molecule has 1 amide bonds. The van der Waals surface area contributed by atoms with Crippen LogP contribution in [0.25, 0.3) is 5.69 Å². The SMILES string of the molecule is Cc1ccccc1-n1nnnc1[C@H](c1ccccc1)N1C[C@@]23C=C[C@@H](O2)[C@H](C(=O)O)[C@H]3C1=O. The van der Waals surface area contributed by atoms with E-state index in [1.807, 2.05) is 67.6 Å². The van der Waals surface area contributed by atoms with Crippen molar-refractivity contribution in [3.05, 3.63) is 83.7 Å². The van der Waals surface area contributed by atoms with E-state index in [2.05, 4.69) is 15.5 Å². The number of carbonyl (C=O) groups excluding carboxylic acids is 1. The molecule has 3 aliphatic heterocycles. The van der Waals surface area contributed by atoms with Crippen LogP contribution >= 0.6 is 0 Å². The quantitative estimate of drug-likeness (QED) is 0.600. The maximum atomic E-state index is 13.8. The van der Waals surface area contributed by atoms with Gasteiger partial charge in [-0.3, -0.25) is 9.59 Å². The molecule has 166 valence electrons. The van der Waals surface area contributed by atoms with Gasteiger partial charge in [-0.2, -0.15) is 4.68 Å². The highest BCUT2D eigenvalue weighted by molar-refractivity contribution is 5.91. The van der Waals surface area contributed by atoms with Crippen molar-refractivity contribution < 1.29 is 19.4 Å². The van der Waals surface area contributed by atoms with Gasteiger partial charge in [0.05, 0.1) is 24.3 Å². The Morgan fingerprint density at radius 2 is 1.94 bits per heavy atom. The van der Waals surface area contributed by atoms with Crippen LogP contribution in [0.3, 0.4) is 0 Å². The lowest BCUT2D eigenvalue weighted by molar-refractivity contribution is -0.148. The molecule has 2 bridgehead atoms. The monoisotopic (exact) mass is 443 g/mol. The fraction of sp³-hybridized carbons (Fsp3) is 0.292. The van der Waals surface area contributed by atoms with Gasteiger partial charge in [-0.15, -0.1) is 5.10 Å². The lowest BCUT2D eigenvalue weighted by Gasteiger charge is -2.29. The number of para-hydroxylation sites is 1. The molecular weight excluding hydrogens is 422 g/mol. The Kier molecular flexibility index (Phi) is 4.25. The van der Waals surface area contributed by atoms with Crippen molar-refractivity contribution in [1.29, 1.82) is 0 Å². The number of aromatic nitrogens is 4. The van der Waals surface area contributed by atoms with Crippen molar-refractivity contribution in [1.82, 2.24) is 25.1 Å². The van der Waals surface area contributed by atoms with Gasteiger partial charge in [-0.05, 0) is 34.5 Å². The number of benzene rings is 2. The largest absolute Gasteiger partial charge is 0.481 e. The molecule has 2 saturated heterocycles. The standard InChI is InChI=1S/C24H21N5O4/c1-14-7-5-6-10-16(14)29-21(25-26-27-29)20(15-8-3-2-4-9-15)28-13-24-12-11-17(33-24)18(23(31)32)19(24)22(28)30/h2-12,17-20H,13H2,1H3,(H,31,32)/t17-,18+,19+,20+,24-/m1/s1. The highest BCUT2D eigenvalue weighted by Gasteiger charge is 2.68. The third kappa shape index (κ3) is 2.78. The van der Waals surface area contributed by atoms with E-state index in [1.54, 1.807) is 15.7 Å². The minimum absolute atomic E-state index is 0.230. The number of carboxylic acids is 1. The summed E-state index contributed by atoms with van der Waals surface area (Å²) in [6.07, 6.45) is 3.04. The predicted octanol–water partition coefficient (Wildman–Crippen LogP) is 1.93. The number of rotatable bonds is 5. The van der Waals surface area contributed by atoms with Crippen molar-refractivity contribution in [2.45, 2.75) is 24.7 Å². The highest BCUT2D eigenvalue weighted by atomic mass is 16.5. The summed E-state index contributed by atoms with van der Waals surface area (Å²) in [6, 6.07) is 16.7. The van der Waals surface area contributed by atoms with E-state index < -0.39 is 35.6 Å². The molecule has 0 radical (unpaired) electrons. The Morgan fingerprint density at radius 3 is 2.70 bits per heavy atom. The van der Waals surface area contributed by atoms with E-state index in [4.69, 9.17) is 4.74 Å². The lowest BCUT2D eigenvalue weighted by atomic mass is 9.77. The fourth-order valence-corrected chi connectivity index (χ4v) is 5.47. The van der Waals surface area contributed by atoms with Crippen molar-refractivity contribution in [3.8, 4) is 5.69 Å². The van der Waals surface area contributed by atoms with E-state index in [1.165, 1.54) is 0 Å². The fourth-order valence-electron chi connectivity index (χ4n) is 5.47. The molecule has 2 aromatic carbocycles. The van der Waals surface area contributed by atoms with Crippen LogP contribution in [-0.4, -0.2) is 60.3 Å². The molecule has 33 heavy (non-hydrogen) atoms. The van der Waals surface area contributed by atoms with Crippen LogP contribution in [0.2, 0.25) is 0 Å². The van der Waals surface area contributed by atoms with Gasteiger partial charge in [0.15, 0.2) is 5.82 Å². The van der Waals surface area contributed by atoms with Crippen molar-refractivity contribution in [3.63, 3.8) is 0 Å². The molecule has 3 aliphatic rings. The van der Waals surface area contributed by atoms with Crippen molar-refractivity contribution in [2.75, 3.05) is 6.54 Å². The summed E-state index contributed by atoms with van der Waals surface area (Å²) in [6.45, 7) is 2.20. The summed E-state index contributed by atoms with van der Waals surface area (Å²) >= 11 is 0. The first kappa shape index (κ1) is 19.8. The number of ether oxygens (including phenoxy) is 1. The maximum absolute atomic E-state index is 13.8. The van der Waals surface area contributed by atoms with Crippen LogP contribution in [0, 0.1) is 18.8 Å². The van der Waals surface area contributed by atoms with Crippen molar-refractivity contribution >= 4 is 11.9 Å². The van der Waals surface area contributed by atoms with Gasteiger partial charge < -0.3 is 14.7 Å². The molecule has 9 nitrogen and oxygen atoms in total. The Bertz CT molecular complexity index is 1290. The van der Waals surface area contributed by atoms with Crippen LogP contribution in [0.1, 0.15) is 23.0 Å². The number of tetrazole rings is 1. The maximum Gasteiger partial charge on any atom is 0.310 e. The molecule has 0 saturated carbocycles. The topological polar surface area (TPSA) is 110 Å². The second kappa shape index (κ2) is 7.08. The van der Waals surface area contributed by atoms with Crippen LogP contribution in [0.5, 0.6) is 0 Å². The van der Waals surface area contributed by atoms with Gasteiger partial charge in [0.25, 0.3) is 0 Å². The summed E-state index contributed by atoms with van der Waals surface area (Å²) in [5.41, 5.74) is 1.68.